The third kappa shape index (κ3) is 5.05. The van der Waals surface area contributed by atoms with Crippen LogP contribution in [-0.2, 0) is 6.54 Å². The van der Waals surface area contributed by atoms with Gasteiger partial charge in [0.2, 0.25) is 0 Å². The van der Waals surface area contributed by atoms with Crippen molar-refractivity contribution in [3.63, 3.8) is 0 Å². The second-order valence-electron chi connectivity index (χ2n) is 8.84. The molecule has 3 N–H and O–H groups in total. The number of thiazole rings is 1. The molecule has 4 rings (SSSR count). The Morgan fingerprint density at radius 1 is 1.11 bits per heavy atom. The summed E-state index contributed by atoms with van der Waals surface area (Å²) in [6, 6.07) is 1.18. The van der Waals surface area contributed by atoms with Crippen molar-refractivity contribution < 1.29 is 4.79 Å². The molecule has 1 saturated heterocycles. The number of urea groups is 1. The van der Waals surface area contributed by atoms with Gasteiger partial charge in [-0.1, -0.05) is 38.5 Å². The number of nitrogens with zero attached hydrogens (tertiary/aromatic N) is 3. The average molecular weight is 406 g/mol. The molecule has 1 aromatic heterocycles. The lowest BCUT2D eigenvalue weighted by molar-refractivity contribution is 0.114. The van der Waals surface area contributed by atoms with E-state index in [9.17, 15) is 4.79 Å². The van der Waals surface area contributed by atoms with Crippen LogP contribution in [0.4, 0.5) is 9.93 Å². The number of carbonyl (C=O) groups excluding carboxylic acids is 1. The highest BCUT2D eigenvalue weighted by Crippen LogP contribution is 2.31. The van der Waals surface area contributed by atoms with Crippen LogP contribution < -0.4 is 11.1 Å². The number of hydrogen-bond acceptors (Lipinski definition) is 5. The molecule has 1 aromatic rings. The van der Waals surface area contributed by atoms with Crippen LogP contribution in [0.2, 0.25) is 0 Å². The van der Waals surface area contributed by atoms with Gasteiger partial charge in [0.25, 0.3) is 0 Å². The summed E-state index contributed by atoms with van der Waals surface area (Å²) in [6.07, 6.45) is 15.2. The van der Waals surface area contributed by atoms with Crippen molar-refractivity contribution in [3.8, 4) is 0 Å². The molecule has 1 unspecified atom stereocenters. The number of carbonyl (C=O) groups is 1. The first kappa shape index (κ1) is 20.1. The van der Waals surface area contributed by atoms with Gasteiger partial charge in [-0.3, -0.25) is 10.2 Å². The molecule has 0 aromatic carbocycles. The first-order valence-electron chi connectivity index (χ1n) is 11.2. The third-order valence-electron chi connectivity index (χ3n) is 6.63. The van der Waals surface area contributed by atoms with E-state index in [-0.39, 0.29) is 6.03 Å². The summed E-state index contributed by atoms with van der Waals surface area (Å²) >= 11 is 1.61. The minimum Gasteiger partial charge on any atom is -0.326 e. The molecule has 7 heteroatoms. The third-order valence-corrected chi connectivity index (χ3v) is 7.52. The molecule has 0 radical (unpaired) electrons. The maximum Gasteiger partial charge on any atom is 0.324 e. The fourth-order valence-electron chi connectivity index (χ4n) is 5.17. The lowest BCUT2D eigenvalue weighted by atomic mass is 9.89. The molecule has 2 amide bonds. The van der Waals surface area contributed by atoms with E-state index in [1.54, 1.807) is 11.3 Å². The largest absolute Gasteiger partial charge is 0.326 e. The van der Waals surface area contributed by atoms with Gasteiger partial charge in [0.15, 0.2) is 5.13 Å². The summed E-state index contributed by atoms with van der Waals surface area (Å²) in [7, 11) is 0. The van der Waals surface area contributed by atoms with Crippen LogP contribution in [0.25, 0.3) is 0 Å². The van der Waals surface area contributed by atoms with Crippen molar-refractivity contribution in [1.29, 1.82) is 0 Å². The van der Waals surface area contributed by atoms with Gasteiger partial charge in [0.05, 0.1) is 0 Å². The highest BCUT2D eigenvalue weighted by Gasteiger charge is 2.33. The van der Waals surface area contributed by atoms with E-state index in [1.807, 2.05) is 6.20 Å². The Bertz CT molecular complexity index is 620. The van der Waals surface area contributed by atoms with Crippen LogP contribution in [0.15, 0.2) is 6.20 Å². The Kier molecular flexibility index (Phi) is 6.86. The molecule has 156 valence electrons. The zero-order chi connectivity index (χ0) is 19.3. The quantitative estimate of drug-likeness (QED) is 0.771. The zero-order valence-corrected chi connectivity index (χ0v) is 17.8. The predicted molar refractivity (Wildman–Crippen MR) is 115 cm³/mol. The number of nitrogens with two attached hydrogens (primary N) is 1. The van der Waals surface area contributed by atoms with E-state index in [4.69, 9.17) is 5.73 Å². The van der Waals surface area contributed by atoms with E-state index >= 15 is 0 Å². The molecule has 2 heterocycles. The summed E-state index contributed by atoms with van der Waals surface area (Å²) in [5.74, 6) is 0. The SMILES string of the molecule is NC1CCN(Cc2cnc(NC(=O)N(C3CCCCC3)C3CCCCC3)s2)C1. The molecular weight excluding hydrogens is 370 g/mol. The first-order valence-corrected chi connectivity index (χ1v) is 12.0. The number of amides is 2. The van der Waals surface area contributed by atoms with Gasteiger partial charge < -0.3 is 10.6 Å². The first-order chi connectivity index (χ1) is 13.7. The number of nitrogens with one attached hydrogen (secondary N) is 1. The Labute approximate surface area is 172 Å². The predicted octanol–water partition coefficient (Wildman–Crippen LogP) is 4.18. The fraction of sp³-hybridized carbons (Fsp3) is 0.810. The van der Waals surface area contributed by atoms with E-state index in [0.717, 1.165) is 56.9 Å². The van der Waals surface area contributed by atoms with Crippen molar-refractivity contribution in [1.82, 2.24) is 14.8 Å². The van der Waals surface area contributed by atoms with Crippen molar-refractivity contribution in [3.05, 3.63) is 11.1 Å². The van der Waals surface area contributed by atoms with Gasteiger partial charge in [-0.2, -0.15) is 0 Å². The van der Waals surface area contributed by atoms with Gasteiger partial charge in [-0.25, -0.2) is 9.78 Å². The number of rotatable bonds is 5. The Hall–Kier alpha value is -1.18. The smallest absolute Gasteiger partial charge is 0.324 e. The topological polar surface area (TPSA) is 74.5 Å². The zero-order valence-electron chi connectivity index (χ0n) is 16.9. The Morgan fingerprint density at radius 3 is 2.32 bits per heavy atom. The van der Waals surface area contributed by atoms with E-state index < -0.39 is 0 Å². The monoisotopic (exact) mass is 405 g/mol. The second kappa shape index (κ2) is 9.55. The standard InChI is InChI=1S/C21H35N5OS/c22-16-11-12-25(14-16)15-19-13-23-20(28-19)24-21(27)26(17-7-3-1-4-8-17)18-9-5-2-6-10-18/h13,16-18H,1-12,14-15,22H2,(H,23,24,27). The molecule has 3 aliphatic rings. The minimum absolute atomic E-state index is 0.0721. The van der Waals surface area contributed by atoms with Gasteiger partial charge in [0.1, 0.15) is 0 Å². The summed E-state index contributed by atoms with van der Waals surface area (Å²) in [5, 5.41) is 3.88. The molecule has 28 heavy (non-hydrogen) atoms. The summed E-state index contributed by atoms with van der Waals surface area (Å²) in [6.45, 7) is 2.89. The normalized spacial score (nSPS) is 25.1. The van der Waals surface area contributed by atoms with Gasteiger partial charge in [-0.05, 0) is 32.1 Å². The lowest BCUT2D eigenvalue weighted by Gasteiger charge is -2.41. The summed E-state index contributed by atoms with van der Waals surface area (Å²) in [4.78, 5) is 23.5. The van der Waals surface area contributed by atoms with Crippen LogP contribution in [0, 0.1) is 0 Å². The Morgan fingerprint density at radius 2 is 1.75 bits per heavy atom. The highest BCUT2D eigenvalue weighted by molar-refractivity contribution is 7.15. The number of likely N-dealkylation sites (tertiary alicyclic amines) is 1. The second-order valence-corrected chi connectivity index (χ2v) is 9.95. The van der Waals surface area contributed by atoms with Crippen LogP contribution >= 0.6 is 11.3 Å². The fourth-order valence-corrected chi connectivity index (χ4v) is 6.01. The average Bonchev–Trinajstić information content (AvgIpc) is 3.32. The van der Waals surface area contributed by atoms with Gasteiger partial charge in [0, 0.05) is 48.8 Å². The van der Waals surface area contributed by atoms with E-state index in [1.165, 1.54) is 43.4 Å². The van der Waals surface area contributed by atoms with E-state index in [0.29, 0.717) is 18.1 Å². The number of hydrogen-bond donors (Lipinski definition) is 2. The lowest BCUT2D eigenvalue weighted by Crippen LogP contribution is -2.50. The van der Waals surface area contributed by atoms with Crippen molar-refractivity contribution in [2.75, 3.05) is 18.4 Å². The molecule has 1 aliphatic heterocycles. The Balaban J connectivity index is 1.39. The summed E-state index contributed by atoms with van der Waals surface area (Å²) < 4.78 is 0. The maximum absolute atomic E-state index is 13.3. The van der Waals surface area contributed by atoms with Gasteiger partial charge >= 0.3 is 6.03 Å². The molecule has 0 spiro atoms. The number of aromatic nitrogens is 1. The molecule has 2 aliphatic carbocycles. The van der Waals surface area contributed by atoms with E-state index in [2.05, 4.69) is 20.1 Å². The summed E-state index contributed by atoms with van der Waals surface area (Å²) in [5.41, 5.74) is 6.01. The van der Waals surface area contributed by atoms with Crippen molar-refractivity contribution in [2.24, 2.45) is 5.73 Å². The number of anilines is 1. The van der Waals surface area contributed by atoms with Gasteiger partial charge in [-0.15, -0.1) is 11.3 Å². The molecule has 0 bridgehead atoms. The van der Waals surface area contributed by atoms with Crippen LogP contribution in [0.1, 0.15) is 75.5 Å². The highest BCUT2D eigenvalue weighted by atomic mass is 32.1. The van der Waals surface area contributed by atoms with Crippen molar-refractivity contribution in [2.45, 2.75) is 95.3 Å². The molecule has 3 fully saturated rings. The van der Waals surface area contributed by atoms with Crippen LogP contribution in [-0.4, -0.2) is 52.0 Å². The molecule has 6 nitrogen and oxygen atoms in total. The maximum atomic E-state index is 13.3. The molecular formula is C21H35N5OS. The molecule has 1 atom stereocenters. The minimum atomic E-state index is 0.0721. The van der Waals surface area contributed by atoms with Crippen molar-refractivity contribution >= 4 is 22.5 Å². The molecule has 2 saturated carbocycles. The van der Waals surface area contributed by atoms with Crippen LogP contribution in [0.3, 0.4) is 0 Å². The van der Waals surface area contributed by atoms with Crippen LogP contribution in [0.5, 0.6) is 0 Å².